The molecule has 1 N–H and O–H groups in total. The average molecular weight is 272 g/mol. The number of carboxylic acid groups (broad SMARTS) is 1. The van der Waals surface area contributed by atoms with E-state index >= 15 is 0 Å². The van der Waals surface area contributed by atoms with Gasteiger partial charge in [0.25, 0.3) is 0 Å². The lowest BCUT2D eigenvalue weighted by molar-refractivity contribution is 0.0690. The second-order valence-electron chi connectivity index (χ2n) is 3.68. The Kier molecular flexibility index (Phi) is 2.88. The van der Waals surface area contributed by atoms with Crippen LogP contribution in [0.15, 0.2) is 52.9 Å². The molecule has 3 heterocycles. The minimum absolute atomic E-state index is 0.0189. The summed E-state index contributed by atoms with van der Waals surface area (Å²) in [5, 5.41) is 13.8. The number of fused-ring (bicyclic) bond motifs is 1. The van der Waals surface area contributed by atoms with Gasteiger partial charge in [0.05, 0.1) is 11.7 Å². The molecule has 0 fully saturated rings. The molecule has 0 radical (unpaired) electrons. The molecule has 0 spiro atoms. The van der Waals surface area contributed by atoms with Crippen LogP contribution in [0.1, 0.15) is 10.5 Å². The van der Waals surface area contributed by atoms with Gasteiger partial charge in [0, 0.05) is 23.5 Å². The molecule has 0 unspecified atom stereocenters. The molecule has 0 aliphatic carbocycles. The third-order valence-electron chi connectivity index (χ3n) is 2.45. The van der Waals surface area contributed by atoms with E-state index in [9.17, 15) is 4.79 Å². The predicted octanol–water partition coefficient (Wildman–Crippen LogP) is 1.97. The molecule has 94 valence electrons. The maximum atomic E-state index is 10.9. The fraction of sp³-hybridized carbons (Fsp3) is 0. The van der Waals surface area contributed by atoms with E-state index in [0.29, 0.717) is 0 Å². The first kappa shape index (κ1) is 11.7. The molecule has 0 aliphatic rings. The molecule has 0 aliphatic heterocycles. The summed E-state index contributed by atoms with van der Waals surface area (Å²) in [6.45, 7) is 0. The smallest absolute Gasteiger partial charge is 0.354 e. The van der Waals surface area contributed by atoms with E-state index < -0.39 is 5.97 Å². The Morgan fingerprint density at radius 1 is 1.21 bits per heavy atom. The molecule has 19 heavy (non-hydrogen) atoms. The summed E-state index contributed by atoms with van der Waals surface area (Å²) in [6.07, 6.45) is 6.58. The molecular weight excluding hydrogens is 264 g/mol. The minimum atomic E-state index is -1.04. The van der Waals surface area contributed by atoms with Crippen LogP contribution in [0.2, 0.25) is 0 Å². The van der Waals surface area contributed by atoms with E-state index in [2.05, 4.69) is 15.1 Å². The summed E-state index contributed by atoms with van der Waals surface area (Å²) in [5.41, 5.74) is 0.895. The third-order valence-corrected chi connectivity index (χ3v) is 3.45. The van der Waals surface area contributed by atoms with Gasteiger partial charge in [-0.15, -0.1) is 0 Å². The second kappa shape index (κ2) is 4.69. The topological polar surface area (TPSA) is 80.4 Å². The van der Waals surface area contributed by atoms with Gasteiger partial charge in [-0.1, -0.05) is 11.8 Å². The van der Waals surface area contributed by atoms with Crippen LogP contribution in [0.3, 0.4) is 0 Å². The number of hydrogen-bond donors (Lipinski definition) is 1. The summed E-state index contributed by atoms with van der Waals surface area (Å²) in [5.74, 6) is -1.04. The maximum absolute atomic E-state index is 10.9. The second-order valence-corrected chi connectivity index (χ2v) is 4.74. The minimum Gasteiger partial charge on any atom is -0.477 e. The quantitative estimate of drug-likeness (QED) is 0.785. The summed E-state index contributed by atoms with van der Waals surface area (Å²) in [4.78, 5) is 19.7. The molecule has 0 aromatic carbocycles. The normalized spacial score (nSPS) is 10.7. The molecule has 0 amide bonds. The van der Waals surface area contributed by atoms with Crippen molar-refractivity contribution in [2.45, 2.75) is 9.92 Å². The van der Waals surface area contributed by atoms with Gasteiger partial charge in [-0.25, -0.2) is 19.3 Å². The fourth-order valence-corrected chi connectivity index (χ4v) is 2.52. The summed E-state index contributed by atoms with van der Waals surface area (Å²) < 4.78 is 1.72. The van der Waals surface area contributed by atoms with E-state index in [4.69, 9.17) is 5.11 Å². The first-order valence-electron chi connectivity index (χ1n) is 5.39. The highest BCUT2D eigenvalue weighted by molar-refractivity contribution is 7.99. The lowest BCUT2D eigenvalue weighted by atomic mass is 10.3. The van der Waals surface area contributed by atoms with Crippen LogP contribution >= 0.6 is 11.8 Å². The zero-order chi connectivity index (χ0) is 13.2. The number of pyridine rings is 1. The van der Waals surface area contributed by atoms with E-state index in [1.54, 1.807) is 29.2 Å². The van der Waals surface area contributed by atoms with Crippen molar-refractivity contribution in [1.29, 1.82) is 0 Å². The molecule has 0 bridgehead atoms. The van der Waals surface area contributed by atoms with E-state index in [-0.39, 0.29) is 5.69 Å². The molecule has 7 heteroatoms. The largest absolute Gasteiger partial charge is 0.477 e. The van der Waals surface area contributed by atoms with Crippen LogP contribution in [-0.2, 0) is 0 Å². The Bertz CT molecular complexity index is 756. The number of aromatic nitrogens is 4. The molecule has 3 aromatic heterocycles. The highest BCUT2D eigenvalue weighted by Crippen LogP contribution is 2.28. The molecule has 3 rings (SSSR count). The molecule has 6 nitrogen and oxygen atoms in total. The van der Waals surface area contributed by atoms with Crippen molar-refractivity contribution >= 4 is 23.2 Å². The maximum Gasteiger partial charge on any atom is 0.354 e. The van der Waals surface area contributed by atoms with Gasteiger partial charge in [-0.2, -0.15) is 5.10 Å². The molecule has 0 saturated carbocycles. The number of nitrogens with zero attached hydrogens (tertiary/aromatic N) is 4. The van der Waals surface area contributed by atoms with Crippen molar-refractivity contribution in [3.8, 4) is 0 Å². The van der Waals surface area contributed by atoms with Gasteiger partial charge in [0.2, 0.25) is 0 Å². The van der Waals surface area contributed by atoms with Gasteiger partial charge in [-0.3, -0.25) is 0 Å². The predicted molar refractivity (Wildman–Crippen MR) is 68.3 cm³/mol. The number of carbonyl (C=O) groups is 1. The highest BCUT2D eigenvalue weighted by atomic mass is 32.2. The Labute approximate surface area is 112 Å². The first-order valence-corrected chi connectivity index (χ1v) is 6.21. The fourth-order valence-electron chi connectivity index (χ4n) is 1.61. The van der Waals surface area contributed by atoms with Gasteiger partial charge < -0.3 is 5.11 Å². The lowest BCUT2D eigenvalue weighted by Gasteiger charge is -2.03. The zero-order valence-corrected chi connectivity index (χ0v) is 10.4. The number of rotatable bonds is 3. The van der Waals surface area contributed by atoms with Gasteiger partial charge in [0.15, 0.2) is 0 Å². The third kappa shape index (κ3) is 2.27. The Morgan fingerprint density at radius 2 is 2.11 bits per heavy atom. The van der Waals surface area contributed by atoms with Gasteiger partial charge in [-0.05, 0) is 18.2 Å². The number of aromatic carboxylic acids is 1. The van der Waals surface area contributed by atoms with Crippen LogP contribution < -0.4 is 0 Å². The Hall–Kier alpha value is -2.41. The van der Waals surface area contributed by atoms with Crippen LogP contribution in [0.5, 0.6) is 0 Å². The van der Waals surface area contributed by atoms with Crippen molar-refractivity contribution in [3.05, 3.63) is 48.7 Å². The Balaban J connectivity index is 1.99. The van der Waals surface area contributed by atoms with Crippen LogP contribution in [-0.4, -0.2) is 30.7 Å². The van der Waals surface area contributed by atoms with E-state index in [0.717, 1.165) is 15.4 Å². The number of hydrogen-bond acceptors (Lipinski definition) is 5. The van der Waals surface area contributed by atoms with Crippen molar-refractivity contribution in [2.75, 3.05) is 0 Å². The highest BCUT2D eigenvalue weighted by Gasteiger charge is 2.09. The number of carboxylic acids is 1. The van der Waals surface area contributed by atoms with Crippen LogP contribution in [0.25, 0.3) is 5.52 Å². The summed E-state index contributed by atoms with van der Waals surface area (Å²) in [7, 11) is 0. The van der Waals surface area contributed by atoms with E-state index in [1.807, 2.05) is 6.07 Å². The monoisotopic (exact) mass is 272 g/mol. The van der Waals surface area contributed by atoms with Crippen LogP contribution in [0.4, 0.5) is 0 Å². The standard InChI is InChI=1S/C12H8N4O2S/c17-12(18)9-7-8(1-3-13-9)19-11-10-2-4-15-16(10)6-5-14-11/h1-7H,(H,17,18). The first-order chi connectivity index (χ1) is 9.24. The van der Waals surface area contributed by atoms with Gasteiger partial charge >= 0.3 is 5.97 Å². The van der Waals surface area contributed by atoms with Crippen LogP contribution in [0, 0.1) is 0 Å². The molecule has 3 aromatic rings. The molecular formula is C12H8N4O2S. The van der Waals surface area contributed by atoms with Gasteiger partial charge in [0.1, 0.15) is 10.7 Å². The summed E-state index contributed by atoms with van der Waals surface area (Å²) in [6, 6.07) is 5.13. The average Bonchev–Trinajstić information content (AvgIpc) is 2.88. The van der Waals surface area contributed by atoms with Crippen molar-refractivity contribution in [1.82, 2.24) is 19.6 Å². The SMILES string of the molecule is O=C(O)c1cc(Sc2nccn3nccc23)ccn1. The summed E-state index contributed by atoms with van der Waals surface area (Å²) >= 11 is 1.38. The zero-order valence-electron chi connectivity index (χ0n) is 9.59. The molecule has 0 atom stereocenters. The Morgan fingerprint density at radius 3 is 2.95 bits per heavy atom. The van der Waals surface area contributed by atoms with E-state index in [1.165, 1.54) is 24.0 Å². The lowest BCUT2D eigenvalue weighted by Crippen LogP contribution is -1.99. The van der Waals surface area contributed by atoms with Crippen molar-refractivity contribution in [2.24, 2.45) is 0 Å². The van der Waals surface area contributed by atoms with Crippen molar-refractivity contribution in [3.63, 3.8) is 0 Å². The molecule has 0 saturated heterocycles. The van der Waals surface area contributed by atoms with Crippen molar-refractivity contribution < 1.29 is 9.90 Å².